The Morgan fingerprint density at radius 2 is 2.12 bits per heavy atom. The fourth-order valence-electron chi connectivity index (χ4n) is 1.62. The first-order chi connectivity index (χ1) is 7.83. The minimum atomic E-state index is 0.0950. The van der Waals surface area contributed by atoms with Gasteiger partial charge in [-0.15, -0.1) is 0 Å². The van der Waals surface area contributed by atoms with E-state index in [0.29, 0.717) is 6.42 Å². The molecule has 2 rings (SSSR count). The number of rotatable bonds is 4. The van der Waals surface area contributed by atoms with Gasteiger partial charge in [0.05, 0.1) is 16.2 Å². The van der Waals surface area contributed by atoms with Gasteiger partial charge in [0.15, 0.2) is 0 Å². The van der Waals surface area contributed by atoms with Crippen LogP contribution in [0.5, 0.6) is 0 Å². The summed E-state index contributed by atoms with van der Waals surface area (Å²) in [5.41, 5.74) is 0.0950. The third-order valence-electron chi connectivity index (χ3n) is 2.45. The molecule has 0 spiro atoms. The Balaban J connectivity index is 2.16. The van der Waals surface area contributed by atoms with Crippen molar-refractivity contribution < 1.29 is 0 Å². The summed E-state index contributed by atoms with van der Waals surface area (Å²) >= 11 is 1.50. The molecule has 0 bridgehead atoms. The number of nitrogens with zero attached hydrogens (tertiary/aromatic N) is 2. The van der Waals surface area contributed by atoms with E-state index in [4.69, 9.17) is 5.26 Å². The number of hydrogen-bond donors (Lipinski definition) is 0. The lowest BCUT2D eigenvalue weighted by Crippen LogP contribution is -2.12. The minimum absolute atomic E-state index is 0.0950. The molecule has 3 nitrogen and oxygen atoms in total. The zero-order chi connectivity index (χ0) is 11.4. The van der Waals surface area contributed by atoms with E-state index in [2.05, 4.69) is 6.07 Å². The van der Waals surface area contributed by atoms with E-state index < -0.39 is 0 Å². The molecule has 1 aromatic carbocycles. The molecule has 0 N–H and O–H groups in total. The summed E-state index contributed by atoms with van der Waals surface area (Å²) in [5.74, 6) is 0. The van der Waals surface area contributed by atoms with E-state index in [1.165, 1.54) is 11.5 Å². The van der Waals surface area contributed by atoms with Crippen LogP contribution in [0, 0.1) is 11.3 Å². The van der Waals surface area contributed by atoms with Crippen LogP contribution in [0.3, 0.4) is 0 Å². The first kappa shape index (κ1) is 10.9. The molecule has 0 aliphatic carbocycles. The van der Waals surface area contributed by atoms with Gasteiger partial charge in [0.2, 0.25) is 0 Å². The van der Waals surface area contributed by atoms with Crippen molar-refractivity contribution >= 4 is 21.6 Å². The lowest BCUT2D eigenvalue weighted by molar-refractivity contribution is 0.641. The quantitative estimate of drug-likeness (QED) is 0.761. The topological polar surface area (TPSA) is 45.8 Å². The van der Waals surface area contributed by atoms with Crippen molar-refractivity contribution in [2.24, 2.45) is 0 Å². The van der Waals surface area contributed by atoms with Gasteiger partial charge in [-0.1, -0.05) is 23.7 Å². The van der Waals surface area contributed by atoms with Crippen molar-refractivity contribution in [3.63, 3.8) is 0 Å². The molecule has 16 heavy (non-hydrogen) atoms. The van der Waals surface area contributed by atoms with Crippen LogP contribution >= 0.6 is 11.5 Å². The molecule has 2 aromatic rings. The first-order valence-corrected chi connectivity index (χ1v) is 6.06. The highest BCUT2D eigenvalue weighted by Gasteiger charge is 2.05. The molecule has 0 unspecified atom stereocenters. The van der Waals surface area contributed by atoms with Gasteiger partial charge in [-0.05, 0) is 25.0 Å². The Morgan fingerprint density at radius 1 is 1.31 bits per heavy atom. The number of aromatic nitrogens is 1. The molecular formula is C12H12N2OS. The predicted molar refractivity (Wildman–Crippen MR) is 65.5 cm³/mol. The summed E-state index contributed by atoms with van der Waals surface area (Å²) in [5, 5.41) is 9.22. The molecule has 1 heterocycles. The molecule has 1 aromatic heterocycles. The number of unbranched alkanes of at least 4 members (excludes halogenated alkanes) is 2. The molecule has 0 fully saturated rings. The van der Waals surface area contributed by atoms with Crippen LogP contribution in [0.1, 0.15) is 19.3 Å². The van der Waals surface area contributed by atoms with Gasteiger partial charge >= 0.3 is 0 Å². The molecule has 0 aliphatic rings. The van der Waals surface area contributed by atoms with Crippen LogP contribution < -0.4 is 5.56 Å². The van der Waals surface area contributed by atoms with E-state index in [1.54, 1.807) is 3.96 Å². The predicted octanol–water partition coefficient (Wildman–Crippen LogP) is 2.76. The van der Waals surface area contributed by atoms with E-state index in [1.807, 2.05) is 24.3 Å². The second-order valence-electron chi connectivity index (χ2n) is 3.61. The van der Waals surface area contributed by atoms with E-state index in [9.17, 15) is 4.79 Å². The van der Waals surface area contributed by atoms with Gasteiger partial charge in [-0.25, -0.2) is 0 Å². The van der Waals surface area contributed by atoms with Crippen molar-refractivity contribution in [2.75, 3.05) is 0 Å². The zero-order valence-corrected chi connectivity index (χ0v) is 9.67. The summed E-state index contributed by atoms with van der Waals surface area (Å²) in [6.07, 6.45) is 2.32. The second-order valence-corrected chi connectivity index (χ2v) is 4.67. The van der Waals surface area contributed by atoms with Gasteiger partial charge in [0.1, 0.15) is 0 Å². The normalized spacial score (nSPS) is 10.4. The Morgan fingerprint density at radius 3 is 2.88 bits per heavy atom. The largest absolute Gasteiger partial charge is 0.268 e. The van der Waals surface area contributed by atoms with E-state index in [-0.39, 0.29) is 5.56 Å². The van der Waals surface area contributed by atoms with Crippen molar-refractivity contribution in [1.29, 1.82) is 5.26 Å². The smallest absolute Gasteiger partial charge is 0.268 e. The van der Waals surface area contributed by atoms with Crippen LogP contribution in [-0.2, 0) is 6.54 Å². The molecule has 0 amide bonds. The Kier molecular flexibility index (Phi) is 3.37. The molecule has 0 saturated heterocycles. The third kappa shape index (κ3) is 2.15. The minimum Gasteiger partial charge on any atom is -0.268 e. The maximum atomic E-state index is 11.9. The van der Waals surface area contributed by atoms with Crippen LogP contribution in [0.2, 0.25) is 0 Å². The number of nitriles is 1. The molecule has 4 heteroatoms. The average Bonchev–Trinajstić information content (AvgIpc) is 2.63. The van der Waals surface area contributed by atoms with Crippen molar-refractivity contribution in [3.05, 3.63) is 34.6 Å². The molecule has 0 saturated carbocycles. The van der Waals surface area contributed by atoms with Crippen LogP contribution in [0.15, 0.2) is 29.1 Å². The first-order valence-electron chi connectivity index (χ1n) is 5.29. The third-order valence-corrected chi connectivity index (χ3v) is 3.57. The summed E-state index contributed by atoms with van der Waals surface area (Å²) in [6.45, 7) is 0.722. The second kappa shape index (κ2) is 4.95. The van der Waals surface area contributed by atoms with Gasteiger partial charge in [-0.3, -0.25) is 8.75 Å². The maximum absolute atomic E-state index is 11.9. The molecule has 0 atom stereocenters. The van der Waals surface area contributed by atoms with E-state index in [0.717, 1.165) is 29.5 Å². The lowest BCUT2D eigenvalue weighted by Gasteiger charge is -1.97. The average molecular weight is 232 g/mol. The van der Waals surface area contributed by atoms with Crippen molar-refractivity contribution in [3.8, 4) is 6.07 Å². The number of hydrogen-bond acceptors (Lipinski definition) is 3. The van der Waals surface area contributed by atoms with Gasteiger partial charge in [0, 0.05) is 13.0 Å². The van der Waals surface area contributed by atoms with Crippen molar-refractivity contribution in [1.82, 2.24) is 3.96 Å². The van der Waals surface area contributed by atoms with E-state index >= 15 is 0 Å². The molecule has 82 valence electrons. The monoisotopic (exact) mass is 232 g/mol. The highest BCUT2D eigenvalue weighted by Crippen LogP contribution is 2.16. The van der Waals surface area contributed by atoms with Gasteiger partial charge < -0.3 is 0 Å². The summed E-state index contributed by atoms with van der Waals surface area (Å²) in [6, 6.07) is 9.77. The lowest BCUT2D eigenvalue weighted by atomic mass is 10.2. The fraction of sp³-hybridized carbons (Fsp3) is 0.333. The number of fused-ring (bicyclic) bond motifs is 1. The van der Waals surface area contributed by atoms with Crippen LogP contribution in [-0.4, -0.2) is 3.96 Å². The summed E-state index contributed by atoms with van der Waals surface area (Å²) in [4.78, 5) is 11.9. The number of benzene rings is 1. The van der Waals surface area contributed by atoms with Crippen LogP contribution in [0.25, 0.3) is 10.1 Å². The summed E-state index contributed by atoms with van der Waals surface area (Å²) in [7, 11) is 0. The van der Waals surface area contributed by atoms with Crippen LogP contribution in [0.4, 0.5) is 0 Å². The zero-order valence-electron chi connectivity index (χ0n) is 8.85. The Bertz CT molecular complexity index is 576. The van der Waals surface area contributed by atoms with Gasteiger partial charge in [-0.2, -0.15) is 5.26 Å². The molecular weight excluding hydrogens is 220 g/mol. The Hall–Kier alpha value is -1.60. The molecule has 0 aliphatic heterocycles. The maximum Gasteiger partial charge on any atom is 0.268 e. The Labute approximate surface area is 97.7 Å². The number of aryl methyl sites for hydroxylation is 1. The van der Waals surface area contributed by atoms with Crippen molar-refractivity contribution in [2.45, 2.75) is 25.8 Å². The highest BCUT2D eigenvalue weighted by atomic mass is 32.1. The SMILES string of the molecule is N#CCCCCn1sc2ccccc2c1=O. The molecule has 0 radical (unpaired) electrons. The standard InChI is InChI=1S/C12H12N2OS/c13-8-4-1-5-9-14-12(15)10-6-2-3-7-11(10)16-14/h2-3,6-7H,1,4-5,9H2. The van der Waals surface area contributed by atoms with Gasteiger partial charge in [0.25, 0.3) is 5.56 Å². The summed E-state index contributed by atoms with van der Waals surface area (Å²) < 4.78 is 2.81. The highest BCUT2D eigenvalue weighted by molar-refractivity contribution is 7.13. The fourth-order valence-corrected chi connectivity index (χ4v) is 2.66.